The van der Waals surface area contributed by atoms with Gasteiger partial charge in [-0.1, -0.05) is 6.07 Å². The summed E-state index contributed by atoms with van der Waals surface area (Å²) in [6.07, 6.45) is 0.880. The second-order valence-electron chi connectivity index (χ2n) is 7.26. The smallest absolute Gasteiger partial charge is 0.191 e. The molecule has 0 aliphatic heterocycles. The van der Waals surface area contributed by atoms with Crippen molar-refractivity contribution in [2.45, 2.75) is 39.8 Å². The number of rotatable bonds is 9. The number of guanidine groups is 1. The van der Waals surface area contributed by atoms with E-state index in [1.54, 1.807) is 19.0 Å². The van der Waals surface area contributed by atoms with Gasteiger partial charge in [0.15, 0.2) is 5.96 Å². The molecule has 29 heavy (non-hydrogen) atoms. The van der Waals surface area contributed by atoms with E-state index in [1.807, 2.05) is 25.5 Å². The second kappa shape index (κ2) is 10.9. The van der Waals surface area contributed by atoms with Crippen molar-refractivity contribution in [1.29, 1.82) is 0 Å². The molecule has 1 aromatic heterocycles. The third kappa shape index (κ3) is 6.52. The fourth-order valence-electron chi connectivity index (χ4n) is 3.20. The predicted molar refractivity (Wildman–Crippen MR) is 113 cm³/mol. The first-order valence-electron chi connectivity index (χ1n) is 9.97. The number of nitrogens with zero attached hydrogens (tertiary/aromatic N) is 4. The van der Waals surface area contributed by atoms with Gasteiger partial charge in [-0.2, -0.15) is 5.10 Å². The van der Waals surface area contributed by atoms with E-state index in [0.717, 1.165) is 24.4 Å². The maximum atomic E-state index is 14.2. The molecule has 160 valence electrons. The quantitative estimate of drug-likeness (QED) is 0.382. The highest BCUT2D eigenvalue weighted by atomic mass is 19.1. The molecule has 1 aromatic carbocycles. The summed E-state index contributed by atoms with van der Waals surface area (Å²) in [4.78, 5) is 6.33. The molecule has 0 bridgehead atoms. The normalized spacial score (nSPS) is 13.0. The fraction of sp³-hybridized carbons (Fsp3) is 0.524. The zero-order chi connectivity index (χ0) is 21.4. The van der Waals surface area contributed by atoms with E-state index in [1.165, 1.54) is 18.2 Å². The van der Waals surface area contributed by atoms with Crippen LogP contribution < -0.4 is 10.6 Å². The van der Waals surface area contributed by atoms with Crippen LogP contribution in [0.2, 0.25) is 0 Å². The Labute approximate surface area is 172 Å². The number of aliphatic imine (C=N–C) groups is 1. The molecule has 0 aliphatic carbocycles. The highest BCUT2D eigenvalue weighted by Crippen LogP contribution is 2.24. The average Bonchev–Trinajstić information content (AvgIpc) is 2.97. The molecular formula is C21H32F2N6. The van der Waals surface area contributed by atoms with E-state index in [0.29, 0.717) is 19.0 Å². The predicted octanol–water partition coefficient (Wildman–Crippen LogP) is 3.03. The summed E-state index contributed by atoms with van der Waals surface area (Å²) in [5, 5.41) is 10.9. The number of aryl methyl sites for hydroxylation is 3. The Bertz CT molecular complexity index is 795. The minimum absolute atomic E-state index is 0.0432. The lowest BCUT2D eigenvalue weighted by Crippen LogP contribution is -2.39. The summed E-state index contributed by atoms with van der Waals surface area (Å²) < 4.78 is 30.4. The van der Waals surface area contributed by atoms with Crippen LogP contribution in [0.3, 0.4) is 0 Å². The summed E-state index contributed by atoms with van der Waals surface area (Å²) in [6, 6.07) is 5.49. The van der Waals surface area contributed by atoms with Crippen LogP contribution in [0.1, 0.15) is 36.3 Å². The van der Waals surface area contributed by atoms with Crippen molar-refractivity contribution in [2.24, 2.45) is 4.99 Å². The van der Waals surface area contributed by atoms with E-state index in [-0.39, 0.29) is 12.1 Å². The number of aromatic nitrogens is 2. The summed E-state index contributed by atoms with van der Waals surface area (Å²) in [5.74, 6) is -0.479. The lowest BCUT2D eigenvalue weighted by Gasteiger charge is -2.24. The summed E-state index contributed by atoms with van der Waals surface area (Å²) in [5.41, 5.74) is 2.20. The monoisotopic (exact) mass is 406 g/mol. The van der Waals surface area contributed by atoms with Crippen molar-refractivity contribution < 1.29 is 8.78 Å². The van der Waals surface area contributed by atoms with Crippen molar-refractivity contribution in [2.75, 3.05) is 33.7 Å². The molecule has 1 atom stereocenters. The van der Waals surface area contributed by atoms with Gasteiger partial charge >= 0.3 is 0 Å². The molecule has 1 unspecified atom stereocenters. The Morgan fingerprint density at radius 1 is 1.21 bits per heavy atom. The lowest BCUT2D eigenvalue weighted by atomic mass is 10.0. The van der Waals surface area contributed by atoms with Crippen molar-refractivity contribution in [3.63, 3.8) is 0 Å². The summed E-state index contributed by atoms with van der Waals surface area (Å²) in [6.45, 7) is 8.46. The Hall–Kier alpha value is -2.48. The first-order valence-corrected chi connectivity index (χ1v) is 9.97. The molecule has 0 fully saturated rings. The van der Waals surface area contributed by atoms with Gasteiger partial charge in [-0.15, -0.1) is 0 Å². The van der Waals surface area contributed by atoms with Gasteiger partial charge in [0, 0.05) is 30.9 Å². The molecule has 0 saturated carbocycles. The van der Waals surface area contributed by atoms with E-state index < -0.39 is 17.7 Å². The van der Waals surface area contributed by atoms with Crippen LogP contribution in [0.25, 0.3) is 0 Å². The molecule has 0 saturated heterocycles. The zero-order valence-corrected chi connectivity index (χ0v) is 18.0. The Kier molecular flexibility index (Phi) is 8.57. The molecular weight excluding hydrogens is 374 g/mol. The first kappa shape index (κ1) is 22.8. The Morgan fingerprint density at radius 2 is 1.90 bits per heavy atom. The van der Waals surface area contributed by atoms with Crippen molar-refractivity contribution in [3.8, 4) is 0 Å². The van der Waals surface area contributed by atoms with Gasteiger partial charge in [-0.05, 0) is 59.5 Å². The minimum Gasteiger partial charge on any atom is -0.357 e. The minimum atomic E-state index is -0.554. The van der Waals surface area contributed by atoms with E-state index in [2.05, 4.69) is 26.8 Å². The number of hydrogen-bond acceptors (Lipinski definition) is 3. The highest BCUT2D eigenvalue weighted by Gasteiger charge is 2.22. The van der Waals surface area contributed by atoms with Crippen molar-refractivity contribution >= 4 is 5.96 Å². The van der Waals surface area contributed by atoms with Crippen molar-refractivity contribution in [3.05, 3.63) is 52.9 Å². The van der Waals surface area contributed by atoms with Gasteiger partial charge in [0.25, 0.3) is 0 Å². The van der Waals surface area contributed by atoms with Crippen LogP contribution in [-0.2, 0) is 6.54 Å². The maximum Gasteiger partial charge on any atom is 0.191 e. The van der Waals surface area contributed by atoms with E-state index >= 15 is 0 Å². The SMILES string of the molecule is CCNC(=NCC(c1c(F)cccc1F)N(C)C)NCCCn1nc(C)cc1C. The summed E-state index contributed by atoms with van der Waals surface area (Å²) >= 11 is 0. The van der Waals surface area contributed by atoms with Crippen LogP contribution in [0.5, 0.6) is 0 Å². The lowest BCUT2D eigenvalue weighted by molar-refractivity contribution is 0.290. The first-order chi connectivity index (χ1) is 13.8. The van der Waals surface area contributed by atoms with Crippen LogP contribution in [-0.4, -0.2) is 54.4 Å². The van der Waals surface area contributed by atoms with Gasteiger partial charge in [-0.25, -0.2) is 8.78 Å². The Balaban J connectivity index is 1.99. The molecule has 0 amide bonds. The molecule has 8 heteroatoms. The highest BCUT2D eigenvalue weighted by molar-refractivity contribution is 5.79. The van der Waals surface area contributed by atoms with Crippen molar-refractivity contribution in [1.82, 2.24) is 25.3 Å². The molecule has 1 heterocycles. The third-order valence-electron chi connectivity index (χ3n) is 4.67. The topological polar surface area (TPSA) is 57.5 Å². The number of nitrogens with one attached hydrogen (secondary N) is 2. The second-order valence-corrected chi connectivity index (χ2v) is 7.26. The standard InChI is InChI=1S/C21H32F2N6/c1-6-24-21(25-11-8-12-29-16(3)13-15(2)27-29)26-14-19(28(4)5)20-17(22)9-7-10-18(20)23/h7,9-10,13,19H,6,8,11-12,14H2,1-5H3,(H2,24,25,26). The van der Waals surface area contributed by atoms with Gasteiger partial charge in [0.05, 0.1) is 18.3 Å². The van der Waals surface area contributed by atoms with Gasteiger partial charge in [0.1, 0.15) is 11.6 Å². The molecule has 6 nitrogen and oxygen atoms in total. The van der Waals surface area contributed by atoms with Crippen LogP contribution in [0.15, 0.2) is 29.3 Å². The molecule has 2 aromatic rings. The van der Waals surface area contributed by atoms with Crippen LogP contribution in [0, 0.1) is 25.5 Å². The van der Waals surface area contributed by atoms with Gasteiger partial charge in [0.2, 0.25) is 0 Å². The number of likely N-dealkylation sites (N-methyl/N-ethyl adjacent to an activating group) is 1. The largest absolute Gasteiger partial charge is 0.357 e. The average molecular weight is 407 g/mol. The van der Waals surface area contributed by atoms with E-state index in [4.69, 9.17) is 0 Å². The third-order valence-corrected chi connectivity index (χ3v) is 4.67. The zero-order valence-electron chi connectivity index (χ0n) is 18.0. The molecule has 2 N–H and O–H groups in total. The fourth-order valence-corrected chi connectivity index (χ4v) is 3.20. The summed E-state index contributed by atoms with van der Waals surface area (Å²) in [7, 11) is 3.58. The number of hydrogen-bond donors (Lipinski definition) is 2. The van der Waals surface area contributed by atoms with Gasteiger partial charge < -0.3 is 15.5 Å². The Morgan fingerprint density at radius 3 is 2.45 bits per heavy atom. The number of halogens is 2. The van der Waals surface area contributed by atoms with Crippen LogP contribution >= 0.6 is 0 Å². The number of benzene rings is 1. The van der Waals surface area contributed by atoms with Gasteiger partial charge in [-0.3, -0.25) is 9.67 Å². The molecule has 2 rings (SSSR count). The van der Waals surface area contributed by atoms with Crippen LogP contribution in [0.4, 0.5) is 8.78 Å². The molecule has 0 spiro atoms. The molecule has 0 aliphatic rings. The maximum absolute atomic E-state index is 14.2. The molecule has 0 radical (unpaired) electrons. The van der Waals surface area contributed by atoms with E-state index in [9.17, 15) is 8.78 Å².